The molecule has 0 spiro atoms. The quantitative estimate of drug-likeness (QED) is 0.265. The summed E-state index contributed by atoms with van der Waals surface area (Å²) < 4.78 is 38.2. The van der Waals surface area contributed by atoms with Crippen molar-refractivity contribution in [3.63, 3.8) is 0 Å². The molecule has 1 aliphatic heterocycles. The molecule has 0 N–H and O–H groups in total. The largest absolute Gasteiger partial charge is 0.433 e. The molecule has 0 fully saturated rings. The Kier molecular flexibility index (Phi) is 8.74. The fraction of sp³-hybridized carbons (Fsp3) is 0.387. The van der Waals surface area contributed by atoms with Gasteiger partial charge in [-0.25, -0.2) is 0 Å². The lowest BCUT2D eigenvalue weighted by Crippen LogP contribution is -2.15. The van der Waals surface area contributed by atoms with Gasteiger partial charge in [0.1, 0.15) is 5.69 Å². The molecule has 0 saturated carbocycles. The summed E-state index contributed by atoms with van der Waals surface area (Å²) in [6.07, 6.45) is 12.2. The normalized spacial score (nSPS) is 19.9. The first kappa shape index (κ1) is 28.1. The maximum Gasteiger partial charge on any atom is 0.433 e. The van der Waals surface area contributed by atoms with Crippen LogP contribution in [0, 0.1) is 5.92 Å². The van der Waals surface area contributed by atoms with Crippen molar-refractivity contribution in [2.45, 2.75) is 70.0 Å². The van der Waals surface area contributed by atoms with Gasteiger partial charge in [-0.05, 0) is 67.3 Å². The van der Waals surface area contributed by atoms with Crippen LogP contribution in [0.25, 0.3) is 0 Å². The van der Waals surface area contributed by atoms with Crippen LogP contribution in [-0.4, -0.2) is 26.4 Å². The molecule has 2 atom stereocenters. The predicted molar refractivity (Wildman–Crippen MR) is 148 cm³/mol. The van der Waals surface area contributed by atoms with Crippen molar-refractivity contribution in [2.75, 3.05) is 0 Å². The van der Waals surface area contributed by atoms with Gasteiger partial charge in [-0.15, -0.1) is 0 Å². The van der Waals surface area contributed by atoms with Crippen molar-refractivity contribution in [3.05, 3.63) is 99.9 Å². The molecule has 4 heterocycles. The predicted octanol–water partition coefficient (Wildman–Crippen LogP) is 7.51. The topological polar surface area (TPSA) is 68.1 Å². The van der Waals surface area contributed by atoms with Crippen LogP contribution >= 0.6 is 11.6 Å². The van der Waals surface area contributed by atoms with Gasteiger partial charge in [0.25, 0.3) is 0 Å². The highest BCUT2D eigenvalue weighted by molar-refractivity contribution is 6.31. The molecule has 40 heavy (non-hydrogen) atoms. The summed E-state index contributed by atoms with van der Waals surface area (Å²) in [5.41, 5.74) is 3.80. The molecule has 5 nitrogen and oxygen atoms in total. The van der Waals surface area contributed by atoms with Crippen molar-refractivity contribution >= 4 is 23.1 Å². The Labute approximate surface area is 236 Å². The third-order valence-electron chi connectivity index (χ3n) is 7.40. The number of aliphatic imine (C=N–C) groups is 1. The third kappa shape index (κ3) is 7.02. The number of pyridine rings is 3. The molecule has 0 radical (unpaired) electrons. The average Bonchev–Trinajstić information content (AvgIpc) is 3.27. The average molecular weight is 567 g/mol. The zero-order valence-electron chi connectivity index (χ0n) is 22.0. The minimum Gasteiger partial charge on any atom is -0.297 e. The van der Waals surface area contributed by atoms with Gasteiger partial charge in [0.2, 0.25) is 0 Å². The van der Waals surface area contributed by atoms with Gasteiger partial charge in [-0.2, -0.15) is 13.2 Å². The van der Waals surface area contributed by atoms with Crippen molar-refractivity contribution < 1.29 is 18.0 Å². The van der Waals surface area contributed by atoms with Gasteiger partial charge in [0.05, 0.1) is 10.7 Å². The molecule has 208 valence electrons. The van der Waals surface area contributed by atoms with E-state index in [2.05, 4.69) is 27.1 Å². The Bertz CT molecular complexity index is 1400. The zero-order chi connectivity index (χ0) is 28.1. The summed E-state index contributed by atoms with van der Waals surface area (Å²) >= 11 is 6.26. The molecule has 9 heteroatoms. The van der Waals surface area contributed by atoms with Crippen LogP contribution in [0.4, 0.5) is 13.2 Å². The van der Waals surface area contributed by atoms with E-state index in [0.29, 0.717) is 42.0 Å². The lowest BCUT2D eigenvalue weighted by atomic mass is 9.90. The van der Waals surface area contributed by atoms with Crippen molar-refractivity contribution in [3.8, 4) is 0 Å². The van der Waals surface area contributed by atoms with E-state index < -0.39 is 17.9 Å². The van der Waals surface area contributed by atoms with E-state index in [1.165, 1.54) is 25.1 Å². The monoisotopic (exact) mass is 566 g/mol. The van der Waals surface area contributed by atoms with Crippen LogP contribution in [0.3, 0.4) is 0 Å². The lowest BCUT2D eigenvalue weighted by Gasteiger charge is -2.16. The molecule has 0 amide bonds. The second-order valence-electron chi connectivity index (χ2n) is 10.4. The second-order valence-corrected chi connectivity index (χ2v) is 10.9. The molecule has 0 saturated heterocycles. The summed E-state index contributed by atoms with van der Waals surface area (Å²) in [5, 5.41) is 0.494. The summed E-state index contributed by atoms with van der Waals surface area (Å²) in [4.78, 5) is 30.8. The Balaban J connectivity index is 1.25. The Morgan fingerprint density at radius 1 is 0.950 bits per heavy atom. The van der Waals surface area contributed by atoms with Crippen LogP contribution in [-0.2, 0) is 30.2 Å². The number of hydrogen-bond donors (Lipinski definition) is 0. The van der Waals surface area contributed by atoms with E-state index in [4.69, 9.17) is 16.6 Å². The number of alkyl halides is 3. The van der Waals surface area contributed by atoms with Gasteiger partial charge in [-0.3, -0.25) is 24.7 Å². The molecule has 2 unspecified atom stereocenters. The molecular formula is C31H30ClF3N4O. The van der Waals surface area contributed by atoms with Crippen molar-refractivity contribution in [1.29, 1.82) is 0 Å². The van der Waals surface area contributed by atoms with E-state index >= 15 is 0 Å². The SMILES string of the molecule is O=C(CC1/C=C/CCCCC1)C1N=C(Cc2ccc(CCc3ccc(C(F)(F)F)nc3)nc2)c2cc(Cl)cnc21. The first-order valence-electron chi connectivity index (χ1n) is 13.6. The molecule has 1 aliphatic carbocycles. The van der Waals surface area contributed by atoms with Gasteiger partial charge in [0.15, 0.2) is 11.8 Å². The number of carbonyl (C=O) groups excluding carboxylic acids is 1. The molecule has 5 rings (SSSR count). The Morgan fingerprint density at radius 2 is 1.77 bits per heavy atom. The minimum atomic E-state index is -4.44. The van der Waals surface area contributed by atoms with Crippen molar-refractivity contribution in [1.82, 2.24) is 15.0 Å². The molecule has 2 aliphatic rings. The summed E-state index contributed by atoms with van der Waals surface area (Å²) in [6, 6.07) is 7.52. The van der Waals surface area contributed by atoms with Crippen LogP contribution in [0.1, 0.15) is 78.3 Å². The number of Topliss-reactive ketones (excluding diaryl/α,β-unsaturated/α-hetero) is 1. The summed E-state index contributed by atoms with van der Waals surface area (Å²) in [6.45, 7) is 0. The lowest BCUT2D eigenvalue weighted by molar-refractivity contribution is -0.141. The molecule has 0 aromatic carbocycles. The number of hydrogen-bond acceptors (Lipinski definition) is 5. The van der Waals surface area contributed by atoms with E-state index in [0.717, 1.165) is 47.9 Å². The van der Waals surface area contributed by atoms with Crippen LogP contribution < -0.4 is 0 Å². The summed E-state index contributed by atoms with van der Waals surface area (Å²) in [5.74, 6) is 0.311. The molecule has 0 bridgehead atoms. The highest BCUT2D eigenvalue weighted by Crippen LogP contribution is 2.34. The van der Waals surface area contributed by atoms with Gasteiger partial charge in [0, 0.05) is 48.4 Å². The maximum atomic E-state index is 13.4. The van der Waals surface area contributed by atoms with Crippen molar-refractivity contribution in [2.24, 2.45) is 10.9 Å². The highest BCUT2D eigenvalue weighted by atomic mass is 35.5. The Morgan fingerprint density at radius 3 is 2.52 bits per heavy atom. The minimum absolute atomic E-state index is 0.0764. The highest BCUT2D eigenvalue weighted by Gasteiger charge is 2.33. The van der Waals surface area contributed by atoms with Crippen LogP contribution in [0.5, 0.6) is 0 Å². The van der Waals surface area contributed by atoms with Gasteiger partial charge >= 0.3 is 6.18 Å². The van der Waals surface area contributed by atoms with Gasteiger partial charge < -0.3 is 0 Å². The number of carbonyl (C=O) groups is 1. The van der Waals surface area contributed by atoms with E-state index in [9.17, 15) is 18.0 Å². The number of nitrogens with zero attached hydrogens (tertiary/aromatic N) is 4. The Hall–Kier alpha value is -3.39. The first-order chi connectivity index (χ1) is 19.3. The van der Waals surface area contributed by atoms with E-state index in [1.54, 1.807) is 12.4 Å². The number of halogens is 4. The molecular weight excluding hydrogens is 537 g/mol. The number of ketones is 1. The first-order valence-corrected chi connectivity index (χ1v) is 14.0. The van der Waals surface area contributed by atoms with Crippen LogP contribution in [0.15, 0.2) is 66.1 Å². The summed E-state index contributed by atoms with van der Waals surface area (Å²) in [7, 11) is 0. The standard InChI is InChI=1S/C31H30ClF3N4O/c32-23-16-25-26(39-30(29(25)38-19-23)27(40)15-20-6-4-2-1-3-5-7-20)14-22-9-12-24(36-18-22)11-8-21-10-13-28(37-17-21)31(33,34)35/h4,6,9-10,12-13,16-20,30H,1-3,5,7-8,11,14-15H2/b6-4+. The second kappa shape index (κ2) is 12.4. The number of rotatable bonds is 8. The van der Waals surface area contributed by atoms with E-state index in [-0.39, 0.29) is 11.7 Å². The molecule has 3 aromatic rings. The molecule has 3 aromatic heterocycles. The number of aryl methyl sites for hydroxylation is 2. The fourth-order valence-corrected chi connectivity index (χ4v) is 5.39. The number of allylic oxidation sites excluding steroid dienone is 2. The van der Waals surface area contributed by atoms with E-state index in [1.807, 2.05) is 18.2 Å². The number of aromatic nitrogens is 3. The van der Waals surface area contributed by atoms with Crippen LogP contribution in [0.2, 0.25) is 5.02 Å². The third-order valence-corrected chi connectivity index (χ3v) is 7.61. The maximum absolute atomic E-state index is 13.4. The number of fused-ring (bicyclic) bond motifs is 1. The smallest absolute Gasteiger partial charge is 0.297 e. The fourth-order valence-electron chi connectivity index (χ4n) is 5.23. The zero-order valence-corrected chi connectivity index (χ0v) is 22.8. The van der Waals surface area contributed by atoms with Gasteiger partial charge in [-0.1, -0.05) is 48.7 Å².